The van der Waals surface area contributed by atoms with Gasteiger partial charge in [0.25, 0.3) is 11.5 Å². The monoisotopic (exact) mass is 399 g/mol. The summed E-state index contributed by atoms with van der Waals surface area (Å²) in [6, 6.07) is 13.8. The number of hydrogen-bond acceptors (Lipinski definition) is 4. The Morgan fingerprint density at radius 2 is 1.85 bits per heavy atom. The summed E-state index contributed by atoms with van der Waals surface area (Å²) in [6.07, 6.45) is 2.64. The molecule has 0 fully saturated rings. The van der Waals surface area contributed by atoms with Crippen molar-refractivity contribution in [2.75, 3.05) is 5.43 Å². The Morgan fingerprint density at radius 3 is 2.59 bits per heavy atom. The Hall–Kier alpha value is -3.16. The van der Waals surface area contributed by atoms with Crippen LogP contribution in [-0.2, 0) is 0 Å². The van der Waals surface area contributed by atoms with Gasteiger partial charge in [0.1, 0.15) is 11.7 Å². The van der Waals surface area contributed by atoms with Crippen LogP contribution in [0.4, 0.5) is 0 Å². The van der Waals surface area contributed by atoms with E-state index in [0.717, 1.165) is 10.4 Å². The lowest BCUT2D eigenvalue weighted by molar-refractivity contribution is 0.101. The lowest BCUT2D eigenvalue weighted by Gasteiger charge is -2.09. The Morgan fingerprint density at radius 1 is 1.07 bits per heavy atom. The van der Waals surface area contributed by atoms with Crippen LogP contribution in [0.1, 0.15) is 10.4 Å². The van der Waals surface area contributed by atoms with E-state index in [2.05, 4.69) is 15.5 Å². The van der Waals surface area contributed by atoms with Crippen molar-refractivity contribution in [3.05, 3.63) is 87.0 Å². The number of para-hydroxylation sites is 1. The molecule has 0 radical (unpaired) electrons. The van der Waals surface area contributed by atoms with Crippen LogP contribution in [0.15, 0.2) is 65.8 Å². The molecule has 1 amide bonds. The summed E-state index contributed by atoms with van der Waals surface area (Å²) in [4.78, 5) is 29.4. The molecule has 0 aliphatic heterocycles. The number of rotatable bonds is 3. The molecule has 1 N–H and O–H groups in total. The molecule has 0 saturated carbocycles. The maximum absolute atomic E-state index is 12.7. The van der Waals surface area contributed by atoms with Crippen LogP contribution in [0.25, 0.3) is 16.7 Å². The SMILES string of the molecule is O=C(Nn1cnc2c(cnn2-c2ccccc2)c1=O)c1ccc(Cl)cc1Cl. The molecule has 0 spiro atoms. The summed E-state index contributed by atoms with van der Waals surface area (Å²) in [6.45, 7) is 0. The van der Waals surface area contributed by atoms with Gasteiger partial charge in [0.15, 0.2) is 5.65 Å². The lowest BCUT2D eigenvalue weighted by Crippen LogP contribution is -2.33. The van der Waals surface area contributed by atoms with Crippen LogP contribution < -0.4 is 11.0 Å². The summed E-state index contributed by atoms with van der Waals surface area (Å²) >= 11 is 11.9. The van der Waals surface area contributed by atoms with Crippen molar-refractivity contribution in [3.8, 4) is 5.69 Å². The van der Waals surface area contributed by atoms with Crippen molar-refractivity contribution in [1.29, 1.82) is 0 Å². The van der Waals surface area contributed by atoms with E-state index in [4.69, 9.17) is 23.2 Å². The van der Waals surface area contributed by atoms with Crippen molar-refractivity contribution in [2.24, 2.45) is 0 Å². The van der Waals surface area contributed by atoms with E-state index in [-0.39, 0.29) is 16.0 Å². The summed E-state index contributed by atoms with van der Waals surface area (Å²) in [5, 5.41) is 5.08. The third kappa shape index (κ3) is 3.18. The molecule has 4 aromatic rings. The maximum atomic E-state index is 12.7. The van der Waals surface area contributed by atoms with E-state index in [1.165, 1.54) is 30.7 Å². The van der Waals surface area contributed by atoms with Crippen LogP contribution in [0, 0.1) is 0 Å². The Kier molecular flexibility index (Phi) is 4.39. The number of hydrogen-bond donors (Lipinski definition) is 1. The molecule has 7 nitrogen and oxygen atoms in total. The molecular formula is C18H11Cl2N5O2. The van der Waals surface area contributed by atoms with Gasteiger partial charge in [-0.15, -0.1) is 0 Å². The molecule has 134 valence electrons. The smallest absolute Gasteiger partial charge is 0.267 e. The highest BCUT2D eigenvalue weighted by atomic mass is 35.5. The zero-order valence-corrected chi connectivity index (χ0v) is 15.1. The number of aromatic nitrogens is 4. The molecule has 0 saturated heterocycles. The fourth-order valence-electron chi connectivity index (χ4n) is 2.59. The standard InChI is InChI=1S/C18H11Cl2N5O2/c19-11-6-7-13(15(20)8-11)17(26)23-24-10-21-16-14(18(24)27)9-22-25(16)12-4-2-1-3-5-12/h1-10H,(H,23,26). The van der Waals surface area contributed by atoms with Crippen molar-refractivity contribution >= 4 is 40.1 Å². The minimum Gasteiger partial charge on any atom is -0.267 e. The van der Waals surface area contributed by atoms with E-state index < -0.39 is 11.5 Å². The van der Waals surface area contributed by atoms with Gasteiger partial charge in [-0.05, 0) is 30.3 Å². The minimum atomic E-state index is -0.560. The first-order valence-corrected chi connectivity index (χ1v) is 8.57. The van der Waals surface area contributed by atoms with E-state index >= 15 is 0 Å². The van der Waals surface area contributed by atoms with E-state index in [0.29, 0.717) is 10.7 Å². The second kappa shape index (κ2) is 6.86. The second-order valence-electron chi connectivity index (χ2n) is 5.61. The van der Waals surface area contributed by atoms with Crippen LogP contribution in [-0.4, -0.2) is 25.3 Å². The quantitative estimate of drug-likeness (QED) is 0.572. The van der Waals surface area contributed by atoms with Gasteiger partial charge in [0.2, 0.25) is 0 Å². The number of benzene rings is 2. The highest BCUT2D eigenvalue weighted by Gasteiger charge is 2.15. The molecule has 0 atom stereocenters. The Balaban J connectivity index is 1.71. The van der Waals surface area contributed by atoms with Gasteiger partial charge in [0.05, 0.1) is 22.5 Å². The molecule has 9 heteroatoms. The van der Waals surface area contributed by atoms with Gasteiger partial charge in [-0.1, -0.05) is 41.4 Å². The molecule has 27 heavy (non-hydrogen) atoms. The number of carbonyl (C=O) groups is 1. The highest BCUT2D eigenvalue weighted by molar-refractivity contribution is 6.37. The Labute approximate surface area is 162 Å². The van der Waals surface area contributed by atoms with Gasteiger partial charge < -0.3 is 0 Å². The lowest BCUT2D eigenvalue weighted by atomic mass is 10.2. The van der Waals surface area contributed by atoms with Gasteiger partial charge in [-0.25, -0.2) is 14.3 Å². The average molecular weight is 400 g/mol. The average Bonchev–Trinajstić information content (AvgIpc) is 3.09. The van der Waals surface area contributed by atoms with Gasteiger partial charge >= 0.3 is 0 Å². The number of fused-ring (bicyclic) bond motifs is 1. The highest BCUT2D eigenvalue weighted by Crippen LogP contribution is 2.21. The summed E-state index contributed by atoms with van der Waals surface area (Å²) in [5.41, 5.74) is 3.36. The minimum absolute atomic E-state index is 0.180. The first-order chi connectivity index (χ1) is 13.0. The van der Waals surface area contributed by atoms with E-state index in [1.807, 2.05) is 30.3 Å². The fraction of sp³-hybridized carbons (Fsp3) is 0. The van der Waals surface area contributed by atoms with E-state index in [1.54, 1.807) is 4.68 Å². The summed E-state index contributed by atoms with van der Waals surface area (Å²) < 4.78 is 2.55. The molecule has 2 heterocycles. The van der Waals surface area contributed by atoms with Crippen molar-refractivity contribution in [1.82, 2.24) is 19.4 Å². The summed E-state index contributed by atoms with van der Waals surface area (Å²) in [5.74, 6) is -0.560. The first kappa shape index (κ1) is 17.3. The normalized spacial score (nSPS) is 10.9. The van der Waals surface area contributed by atoms with Crippen LogP contribution in [0.5, 0.6) is 0 Å². The summed E-state index contributed by atoms with van der Waals surface area (Å²) in [7, 11) is 0. The number of halogens is 2. The molecule has 4 rings (SSSR count). The molecule has 2 aromatic heterocycles. The molecule has 0 unspecified atom stereocenters. The molecule has 0 bridgehead atoms. The molecule has 0 aliphatic carbocycles. The number of carbonyl (C=O) groups excluding carboxylic acids is 1. The number of nitrogens with one attached hydrogen (secondary N) is 1. The molecule has 0 aliphatic rings. The van der Waals surface area contributed by atoms with Crippen LogP contribution in [0.3, 0.4) is 0 Å². The van der Waals surface area contributed by atoms with Gasteiger partial charge in [-0.3, -0.25) is 15.0 Å². The third-order valence-electron chi connectivity index (χ3n) is 3.89. The predicted octanol–water partition coefficient (Wildman–Crippen LogP) is 3.27. The van der Waals surface area contributed by atoms with Crippen molar-refractivity contribution in [2.45, 2.75) is 0 Å². The predicted molar refractivity (Wildman–Crippen MR) is 103 cm³/mol. The number of nitrogens with zero attached hydrogens (tertiary/aromatic N) is 4. The Bertz CT molecular complexity index is 1220. The van der Waals surface area contributed by atoms with Gasteiger partial charge in [-0.2, -0.15) is 5.10 Å². The second-order valence-corrected chi connectivity index (χ2v) is 6.46. The topological polar surface area (TPSA) is 81.8 Å². The fourth-order valence-corrected chi connectivity index (χ4v) is 3.09. The maximum Gasteiger partial charge on any atom is 0.283 e. The third-order valence-corrected chi connectivity index (χ3v) is 4.43. The van der Waals surface area contributed by atoms with Gasteiger partial charge in [0, 0.05) is 5.02 Å². The zero-order valence-electron chi connectivity index (χ0n) is 13.6. The number of amides is 1. The van der Waals surface area contributed by atoms with E-state index in [9.17, 15) is 9.59 Å². The zero-order chi connectivity index (χ0) is 19.0. The largest absolute Gasteiger partial charge is 0.283 e. The molecular weight excluding hydrogens is 389 g/mol. The first-order valence-electron chi connectivity index (χ1n) is 7.82. The molecule has 2 aromatic carbocycles. The van der Waals surface area contributed by atoms with Crippen molar-refractivity contribution in [3.63, 3.8) is 0 Å². The van der Waals surface area contributed by atoms with Crippen molar-refractivity contribution < 1.29 is 4.79 Å². The van der Waals surface area contributed by atoms with Crippen LogP contribution >= 0.6 is 23.2 Å². The van der Waals surface area contributed by atoms with Crippen LogP contribution in [0.2, 0.25) is 10.0 Å².